The molecule has 148 valence electrons. The number of hydrogen-bond acceptors (Lipinski definition) is 3. The van der Waals surface area contributed by atoms with Crippen LogP contribution in [0.2, 0.25) is 0 Å². The van der Waals surface area contributed by atoms with E-state index in [9.17, 15) is 4.39 Å². The molecule has 1 aliphatic rings. The third kappa shape index (κ3) is 6.73. The van der Waals surface area contributed by atoms with Crippen molar-refractivity contribution in [1.82, 2.24) is 4.90 Å². The van der Waals surface area contributed by atoms with E-state index in [4.69, 9.17) is 10.5 Å². The predicted molar refractivity (Wildman–Crippen MR) is 119 cm³/mol. The van der Waals surface area contributed by atoms with Gasteiger partial charge in [-0.3, -0.25) is 9.29 Å². The Morgan fingerprint density at radius 1 is 1.15 bits per heavy atom. The Bertz CT molecular complexity index is 691. The standard InChI is InChI=1S/C21H27FN2O.CH3I/c1-16(23)18-5-3-17(4-6-18)14-24-11-9-19-13-21(25-12-2-10-22)8-7-20(19)15-24;1-2/h3-8,13,16H,2,9-12,14-15,23H2,1H3;1H3/t16-;/m0./s1. The quantitative estimate of drug-likeness (QED) is 0.340. The summed E-state index contributed by atoms with van der Waals surface area (Å²) >= 11 is 2.15. The number of alkyl halides is 2. The predicted octanol–water partition coefficient (Wildman–Crippen LogP) is 5.05. The molecule has 0 fully saturated rings. The number of benzene rings is 2. The molecule has 0 unspecified atom stereocenters. The fraction of sp³-hybridized carbons (Fsp3) is 0.455. The van der Waals surface area contributed by atoms with E-state index in [1.807, 2.05) is 17.9 Å². The molecule has 1 aliphatic heterocycles. The minimum atomic E-state index is -0.328. The van der Waals surface area contributed by atoms with E-state index in [0.29, 0.717) is 13.0 Å². The fourth-order valence-corrected chi connectivity index (χ4v) is 3.24. The van der Waals surface area contributed by atoms with Crippen LogP contribution < -0.4 is 10.5 Å². The summed E-state index contributed by atoms with van der Waals surface area (Å²) in [6.07, 6.45) is 1.47. The fourth-order valence-electron chi connectivity index (χ4n) is 3.24. The largest absolute Gasteiger partial charge is 0.493 e. The molecule has 3 rings (SSSR count). The summed E-state index contributed by atoms with van der Waals surface area (Å²) in [4.78, 5) is 4.44. The number of rotatable bonds is 7. The number of ether oxygens (including phenoxy) is 1. The van der Waals surface area contributed by atoms with Crippen molar-refractivity contribution in [3.05, 3.63) is 64.7 Å². The summed E-state index contributed by atoms with van der Waals surface area (Å²) in [6.45, 7) is 5.06. The molecule has 0 aliphatic carbocycles. The molecule has 0 radical (unpaired) electrons. The van der Waals surface area contributed by atoms with Gasteiger partial charge in [-0.2, -0.15) is 0 Å². The second-order valence-corrected chi connectivity index (χ2v) is 6.81. The molecule has 3 nitrogen and oxygen atoms in total. The van der Waals surface area contributed by atoms with Crippen LogP contribution in [-0.4, -0.2) is 29.7 Å². The normalized spacial score (nSPS) is 14.7. The number of nitrogens with zero attached hydrogens (tertiary/aromatic N) is 1. The Balaban J connectivity index is 0.00000126. The molecule has 27 heavy (non-hydrogen) atoms. The van der Waals surface area contributed by atoms with Crippen LogP contribution in [0.3, 0.4) is 0 Å². The molecule has 2 aromatic rings. The zero-order chi connectivity index (χ0) is 19.6. The molecule has 0 bridgehead atoms. The van der Waals surface area contributed by atoms with Gasteiger partial charge in [0.25, 0.3) is 0 Å². The second-order valence-electron chi connectivity index (χ2n) is 6.81. The minimum absolute atomic E-state index is 0.0808. The van der Waals surface area contributed by atoms with Crippen LogP contribution in [0, 0.1) is 0 Å². The highest BCUT2D eigenvalue weighted by Crippen LogP contribution is 2.25. The van der Waals surface area contributed by atoms with Gasteiger partial charge in [0.05, 0.1) is 13.3 Å². The van der Waals surface area contributed by atoms with Crippen LogP contribution in [0.15, 0.2) is 42.5 Å². The summed E-state index contributed by atoms with van der Waals surface area (Å²) in [6, 6.07) is 14.9. The second kappa shape index (κ2) is 11.6. The highest BCUT2D eigenvalue weighted by molar-refractivity contribution is 14.1. The molecule has 0 saturated carbocycles. The van der Waals surface area contributed by atoms with Gasteiger partial charge in [-0.05, 0) is 52.7 Å². The maximum Gasteiger partial charge on any atom is 0.119 e. The van der Waals surface area contributed by atoms with E-state index in [-0.39, 0.29) is 12.7 Å². The van der Waals surface area contributed by atoms with Crippen LogP contribution in [0.25, 0.3) is 0 Å². The average Bonchev–Trinajstić information content (AvgIpc) is 2.70. The number of nitrogens with two attached hydrogens (primary N) is 1. The van der Waals surface area contributed by atoms with Crippen molar-refractivity contribution in [2.75, 3.05) is 24.8 Å². The monoisotopic (exact) mass is 484 g/mol. The Kier molecular flexibility index (Phi) is 9.51. The first-order chi connectivity index (χ1) is 13.2. The van der Waals surface area contributed by atoms with Crippen LogP contribution in [0.1, 0.15) is 41.6 Å². The van der Waals surface area contributed by atoms with Crippen LogP contribution >= 0.6 is 22.6 Å². The molecule has 0 saturated heterocycles. The number of fused-ring (bicyclic) bond motifs is 1. The SMILES string of the molecule is CI.C[C@H](N)c1ccc(CN2CCc3cc(OCCCF)ccc3C2)cc1. The van der Waals surface area contributed by atoms with Crippen LogP contribution in [0.4, 0.5) is 4.39 Å². The first kappa shape index (κ1) is 22.1. The van der Waals surface area contributed by atoms with Gasteiger partial charge in [-0.1, -0.05) is 52.9 Å². The third-order valence-electron chi connectivity index (χ3n) is 4.73. The van der Waals surface area contributed by atoms with Crippen molar-refractivity contribution >= 4 is 22.6 Å². The smallest absolute Gasteiger partial charge is 0.119 e. The lowest BCUT2D eigenvalue weighted by atomic mass is 9.98. The molecule has 0 spiro atoms. The van der Waals surface area contributed by atoms with E-state index in [0.717, 1.165) is 31.8 Å². The lowest BCUT2D eigenvalue weighted by Crippen LogP contribution is -2.30. The van der Waals surface area contributed by atoms with Crippen LogP contribution in [-0.2, 0) is 19.5 Å². The number of hydrogen-bond donors (Lipinski definition) is 1. The van der Waals surface area contributed by atoms with Crippen molar-refractivity contribution in [2.24, 2.45) is 5.73 Å². The van der Waals surface area contributed by atoms with Crippen molar-refractivity contribution in [3.63, 3.8) is 0 Å². The van der Waals surface area contributed by atoms with Crippen molar-refractivity contribution in [3.8, 4) is 5.75 Å². The van der Waals surface area contributed by atoms with E-state index >= 15 is 0 Å². The van der Waals surface area contributed by atoms with Gasteiger partial charge < -0.3 is 10.5 Å². The Hall–Kier alpha value is -1.18. The van der Waals surface area contributed by atoms with Crippen molar-refractivity contribution in [2.45, 2.75) is 38.9 Å². The highest BCUT2D eigenvalue weighted by atomic mass is 127. The molecule has 1 heterocycles. The Labute approximate surface area is 176 Å². The summed E-state index contributed by atoms with van der Waals surface area (Å²) in [5.41, 5.74) is 11.1. The van der Waals surface area contributed by atoms with Gasteiger partial charge in [0, 0.05) is 32.1 Å². The highest BCUT2D eigenvalue weighted by Gasteiger charge is 2.17. The molecule has 0 amide bonds. The lowest BCUT2D eigenvalue weighted by molar-refractivity contribution is 0.244. The van der Waals surface area contributed by atoms with E-state index in [2.05, 4.69) is 63.9 Å². The van der Waals surface area contributed by atoms with Crippen molar-refractivity contribution < 1.29 is 9.13 Å². The maximum atomic E-state index is 12.2. The lowest BCUT2D eigenvalue weighted by Gasteiger charge is -2.29. The van der Waals surface area contributed by atoms with Crippen molar-refractivity contribution in [1.29, 1.82) is 0 Å². The number of halogens is 2. The molecule has 2 aromatic carbocycles. The van der Waals surface area contributed by atoms with Crippen LogP contribution in [0.5, 0.6) is 5.75 Å². The summed E-state index contributed by atoms with van der Waals surface area (Å²) in [5.74, 6) is 0.854. The summed E-state index contributed by atoms with van der Waals surface area (Å²) in [7, 11) is 0. The molecule has 0 aromatic heterocycles. The van der Waals surface area contributed by atoms with E-state index in [1.165, 1.54) is 22.3 Å². The average molecular weight is 484 g/mol. The zero-order valence-corrected chi connectivity index (χ0v) is 18.4. The van der Waals surface area contributed by atoms with E-state index < -0.39 is 0 Å². The van der Waals surface area contributed by atoms with Gasteiger partial charge in [0.15, 0.2) is 0 Å². The van der Waals surface area contributed by atoms with Gasteiger partial charge in [0.2, 0.25) is 0 Å². The molecule has 1 atom stereocenters. The molecule has 5 heteroatoms. The zero-order valence-electron chi connectivity index (χ0n) is 16.3. The third-order valence-corrected chi connectivity index (χ3v) is 4.73. The first-order valence-corrected chi connectivity index (χ1v) is 11.6. The van der Waals surface area contributed by atoms with Gasteiger partial charge >= 0.3 is 0 Å². The van der Waals surface area contributed by atoms with Gasteiger partial charge in [-0.15, -0.1) is 0 Å². The molecule has 2 N–H and O–H groups in total. The summed E-state index contributed by atoms with van der Waals surface area (Å²) < 4.78 is 17.8. The Morgan fingerprint density at radius 3 is 2.56 bits per heavy atom. The maximum absolute atomic E-state index is 12.2. The van der Waals surface area contributed by atoms with Gasteiger partial charge in [0.1, 0.15) is 5.75 Å². The van der Waals surface area contributed by atoms with E-state index in [1.54, 1.807) is 0 Å². The minimum Gasteiger partial charge on any atom is -0.493 e. The topological polar surface area (TPSA) is 38.5 Å². The Morgan fingerprint density at radius 2 is 1.89 bits per heavy atom. The summed E-state index contributed by atoms with van der Waals surface area (Å²) in [5, 5.41) is 0. The van der Waals surface area contributed by atoms with Gasteiger partial charge in [-0.25, -0.2) is 0 Å². The molecular formula is C22H30FIN2O. The first-order valence-electron chi connectivity index (χ1n) is 9.41. The molecular weight excluding hydrogens is 454 g/mol.